The van der Waals surface area contributed by atoms with Gasteiger partial charge in [0.15, 0.2) is 0 Å². The predicted molar refractivity (Wildman–Crippen MR) is 261 cm³/mol. The van der Waals surface area contributed by atoms with E-state index in [0.29, 0.717) is 5.92 Å². The largest absolute Gasteiger partial charge is 0.456 e. The molecule has 1 aromatic heterocycles. The normalized spacial score (nSPS) is 21.6. The second-order valence-corrected chi connectivity index (χ2v) is 20.6. The van der Waals surface area contributed by atoms with Gasteiger partial charge in [0, 0.05) is 43.9 Å². The van der Waals surface area contributed by atoms with Crippen LogP contribution in [0.4, 0.5) is 11.4 Å². The number of benzene rings is 5. The van der Waals surface area contributed by atoms with Crippen LogP contribution in [0.3, 0.4) is 0 Å². The van der Waals surface area contributed by atoms with Crippen LogP contribution in [0.5, 0.6) is 0 Å². The maximum atomic E-state index is 7.83. The monoisotopic (exact) mass is 799 g/mol. The summed E-state index contributed by atoms with van der Waals surface area (Å²) in [7, 11) is 14.2. The molecule has 0 saturated carbocycles. The van der Waals surface area contributed by atoms with Crippen LogP contribution in [0, 0.1) is 5.92 Å². The molecule has 10 rings (SSSR count). The van der Waals surface area contributed by atoms with Crippen molar-refractivity contribution in [2.45, 2.75) is 121 Å². The second-order valence-electron chi connectivity index (χ2n) is 20.1. The average Bonchev–Trinajstić information content (AvgIpc) is 3.57. The smallest absolute Gasteiger partial charge is 0.136 e. The van der Waals surface area contributed by atoms with E-state index in [-0.39, 0.29) is 22.2 Å². The Bertz CT molecular complexity index is 2870. The van der Waals surface area contributed by atoms with E-state index in [2.05, 4.69) is 145 Å². The number of anilines is 2. The summed E-state index contributed by atoms with van der Waals surface area (Å²) in [4.78, 5) is 3.29. The van der Waals surface area contributed by atoms with Gasteiger partial charge in [0.2, 0.25) is 0 Å². The highest BCUT2D eigenvalue weighted by Gasteiger charge is 2.47. The van der Waals surface area contributed by atoms with Crippen LogP contribution in [0.2, 0.25) is 0 Å². The van der Waals surface area contributed by atoms with E-state index < -0.39 is 0 Å². The van der Waals surface area contributed by atoms with E-state index in [4.69, 9.17) is 32.7 Å². The lowest BCUT2D eigenvalue weighted by atomic mass is 9.63. The lowest BCUT2D eigenvalue weighted by Crippen LogP contribution is -2.33. The van der Waals surface area contributed by atoms with Crippen LogP contribution in [0.15, 0.2) is 106 Å². The molecule has 0 N–H and O–H groups in total. The minimum atomic E-state index is -0.256. The Morgan fingerprint density at radius 2 is 1.52 bits per heavy atom. The molecule has 5 heteroatoms. The Morgan fingerprint density at radius 3 is 2.25 bits per heavy atom. The fraction of sp³-hybridized carbons (Fsp3) is 0.345. The molecular weight excluding hydrogens is 744 g/mol. The highest BCUT2D eigenvalue weighted by Crippen LogP contribution is 2.59. The number of aryl methyl sites for hydroxylation is 1. The van der Waals surface area contributed by atoms with Gasteiger partial charge in [-0.1, -0.05) is 115 Å². The summed E-state index contributed by atoms with van der Waals surface area (Å²) in [6, 6.07) is 26.9. The second kappa shape index (κ2) is 14.0. The zero-order valence-electron chi connectivity index (χ0n) is 36.6. The predicted octanol–water partition coefficient (Wildman–Crippen LogP) is 13.4. The molecule has 2 atom stereocenters. The van der Waals surface area contributed by atoms with E-state index in [1.807, 2.05) is 12.1 Å². The van der Waals surface area contributed by atoms with Crippen molar-refractivity contribution >= 4 is 84.3 Å². The van der Waals surface area contributed by atoms with Crippen LogP contribution in [0.25, 0.3) is 44.8 Å². The lowest BCUT2D eigenvalue weighted by Gasteiger charge is -2.41. The maximum absolute atomic E-state index is 7.83. The van der Waals surface area contributed by atoms with E-state index in [1.54, 1.807) is 0 Å². The Labute approximate surface area is 365 Å². The molecule has 1 aliphatic heterocycles. The summed E-state index contributed by atoms with van der Waals surface area (Å²) in [6.45, 7) is 19.1. The molecule has 4 aliphatic rings. The van der Waals surface area contributed by atoms with Gasteiger partial charge in [-0.25, -0.2) is 0 Å². The SMILES string of the molecule is [B]c1ccc(N2/C(c3cc(CCCC)ccc3S)=C\c3cc4oc5cc6c(cc5c4cc3-c3c([B])c2cc2c3C(C)(C)C3=CC=CCC(C)C32)C(C)(C)CCC6(C)C)cc1. The first-order valence-electron chi connectivity index (χ1n) is 22.2. The third-order valence-electron chi connectivity index (χ3n) is 14.8. The number of unbranched alkanes of at least 4 members (excludes halogenated alkanes) is 1. The van der Waals surface area contributed by atoms with Crippen LogP contribution in [-0.2, 0) is 22.7 Å². The van der Waals surface area contributed by atoms with Crippen molar-refractivity contribution in [2.75, 3.05) is 4.90 Å². The molecule has 4 radical (unpaired) electrons. The molecule has 60 heavy (non-hydrogen) atoms. The van der Waals surface area contributed by atoms with Gasteiger partial charge in [0.25, 0.3) is 0 Å². The number of hydrogen-bond donors (Lipinski definition) is 1. The third-order valence-corrected chi connectivity index (χ3v) is 15.2. The van der Waals surface area contributed by atoms with E-state index >= 15 is 0 Å². The van der Waals surface area contributed by atoms with Crippen molar-refractivity contribution in [3.63, 3.8) is 0 Å². The summed E-state index contributed by atoms with van der Waals surface area (Å²) in [6.07, 6.45) is 16.0. The van der Waals surface area contributed by atoms with Crippen LogP contribution < -0.4 is 15.8 Å². The van der Waals surface area contributed by atoms with E-state index in [1.165, 1.54) is 38.8 Å². The first-order chi connectivity index (χ1) is 28.6. The van der Waals surface area contributed by atoms with Crippen LogP contribution in [0.1, 0.15) is 132 Å². The Morgan fingerprint density at radius 1 is 0.817 bits per heavy atom. The minimum absolute atomic E-state index is 0.0726. The number of allylic oxidation sites excluding steroid dienone is 4. The number of thiol groups is 1. The minimum Gasteiger partial charge on any atom is -0.456 e. The van der Waals surface area contributed by atoms with Crippen molar-refractivity contribution < 1.29 is 4.42 Å². The molecule has 0 spiro atoms. The van der Waals surface area contributed by atoms with Gasteiger partial charge >= 0.3 is 0 Å². The quantitative estimate of drug-likeness (QED) is 0.138. The molecule has 2 unspecified atom stereocenters. The topological polar surface area (TPSA) is 16.4 Å². The van der Waals surface area contributed by atoms with Gasteiger partial charge in [-0.2, -0.15) is 0 Å². The van der Waals surface area contributed by atoms with Gasteiger partial charge < -0.3 is 9.32 Å². The highest BCUT2D eigenvalue weighted by molar-refractivity contribution is 7.80. The summed E-state index contributed by atoms with van der Waals surface area (Å²) >= 11 is 5.20. The molecule has 5 aromatic carbocycles. The number of rotatable bonds is 5. The van der Waals surface area contributed by atoms with Gasteiger partial charge in [-0.15, -0.1) is 12.6 Å². The number of furan rings is 1. The summed E-state index contributed by atoms with van der Waals surface area (Å²) in [5.41, 5.74) is 18.9. The lowest BCUT2D eigenvalue weighted by molar-refractivity contribution is 0.332. The van der Waals surface area contributed by atoms with Gasteiger partial charge in [0.05, 0.1) is 5.70 Å². The average molecular weight is 800 g/mol. The molecular formula is C55H55B2NOS. The Hall–Kier alpha value is -4.60. The summed E-state index contributed by atoms with van der Waals surface area (Å²) < 4.78 is 6.98. The zero-order chi connectivity index (χ0) is 42.0. The summed E-state index contributed by atoms with van der Waals surface area (Å²) in [5.74, 6) is 0.667. The Balaban J connectivity index is 1.35. The van der Waals surface area contributed by atoms with Crippen molar-refractivity contribution in [1.82, 2.24) is 0 Å². The number of hydrogen-bond acceptors (Lipinski definition) is 3. The number of nitrogens with zero attached hydrogens (tertiary/aromatic N) is 1. The number of fused-ring (bicyclic) bond motifs is 12. The first-order valence-corrected chi connectivity index (χ1v) is 22.6. The zero-order valence-corrected chi connectivity index (χ0v) is 37.5. The van der Waals surface area contributed by atoms with Crippen molar-refractivity contribution in [3.8, 4) is 11.1 Å². The molecule has 0 fully saturated rings. The molecule has 3 aliphatic carbocycles. The molecule has 2 heterocycles. The van der Waals surface area contributed by atoms with Gasteiger partial charge in [-0.3, -0.25) is 0 Å². The van der Waals surface area contributed by atoms with Crippen LogP contribution >= 0.6 is 12.6 Å². The van der Waals surface area contributed by atoms with Crippen molar-refractivity contribution in [1.29, 1.82) is 0 Å². The van der Waals surface area contributed by atoms with Crippen molar-refractivity contribution in [2.24, 2.45) is 5.92 Å². The standard InChI is InChI=1S/C55H55B2NOS/c1-9-10-14-32-16-21-48(60)39(24-32)44-25-33-26-46-37(38-28-42-43(30-47(38)59-46)54(5,6)23-22-53(42,3)4)27-36(33)50-51-40(49-31(2)13-11-12-15-41(49)55(51,7)8)29-45(52(50)57)58(44)35-19-17-34(56)18-20-35/h11-12,15-21,24-31,49,60H,9-10,13-14,22-23H2,1-8H3/b44-25-. The highest BCUT2D eigenvalue weighted by atomic mass is 32.1. The fourth-order valence-corrected chi connectivity index (χ4v) is 11.6. The van der Waals surface area contributed by atoms with Crippen molar-refractivity contribution in [3.05, 3.63) is 136 Å². The molecule has 6 aromatic rings. The van der Waals surface area contributed by atoms with E-state index in [9.17, 15) is 0 Å². The molecule has 0 amide bonds. The molecule has 298 valence electrons. The Kier molecular flexibility index (Phi) is 9.20. The third kappa shape index (κ3) is 5.99. The fourth-order valence-electron chi connectivity index (χ4n) is 11.3. The van der Waals surface area contributed by atoms with Gasteiger partial charge in [0.1, 0.15) is 26.9 Å². The van der Waals surface area contributed by atoms with Gasteiger partial charge in [-0.05, 0) is 154 Å². The maximum Gasteiger partial charge on any atom is 0.136 e. The molecule has 2 nitrogen and oxygen atoms in total. The first kappa shape index (κ1) is 39.5. The van der Waals surface area contributed by atoms with E-state index in [0.717, 1.165) is 110 Å². The molecule has 0 saturated heterocycles. The molecule has 2 bridgehead atoms. The van der Waals surface area contributed by atoms with Crippen LogP contribution in [-0.4, -0.2) is 15.7 Å². The summed E-state index contributed by atoms with van der Waals surface area (Å²) in [5, 5.41) is 2.30.